The van der Waals surface area contributed by atoms with Gasteiger partial charge in [-0.1, -0.05) is 26.2 Å². The normalized spacial score (nSPS) is 5.26. The van der Waals surface area contributed by atoms with E-state index in [9.17, 15) is 4.79 Å². The number of carboxylic acid groups (broad SMARTS) is 11. The third-order valence-corrected chi connectivity index (χ3v) is 1.24. The molecule has 0 atom stereocenters. The third kappa shape index (κ3) is 1010000. The summed E-state index contributed by atoms with van der Waals surface area (Å²) >= 11 is 0. The highest BCUT2D eigenvalue weighted by Gasteiger charge is 1.93. The monoisotopic (exact) mass is 590 g/mol. The Morgan fingerprint density at radius 1 is 0.410 bits per heavy atom. The minimum absolute atomic E-state index is 0.250. The van der Waals surface area contributed by atoms with Crippen molar-refractivity contribution in [2.75, 3.05) is 0 Å². The lowest BCUT2D eigenvalue weighted by Gasteiger charge is -1.92. The third-order valence-electron chi connectivity index (χ3n) is 1.24. The van der Waals surface area contributed by atoms with E-state index in [-0.39, 0.29) is 64.7 Å². The van der Waals surface area contributed by atoms with E-state index in [1.165, 1.54) is 6.42 Å². The summed E-state index contributed by atoms with van der Waals surface area (Å²) in [7, 11) is 0. The van der Waals surface area contributed by atoms with E-state index in [1.54, 1.807) is 0 Å². The minimum Gasteiger partial charge on any atom is -0.483 e. The van der Waals surface area contributed by atoms with E-state index in [1.807, 2.05) is 0 Å². The van der Waals surface area contributed by atoms with Crippen LogP contribution in [0.15, 0.2) is 0 Å². The molecule has 234 valence electrons. The highest BCUT2D eigenvalue weighted by Crippen LogP contribution is 2.01. The van der Waals surface area contributed by atoms with Crippen molar-refractivity contribution in [1.29, 1.82) is 0 Å². The molecule has 0 fully saturated rings. The van der Waals surface area contributed by atoms with Crippen LogP contribution in [0.2, 0.25) is 0 Å². The van der Waals surface area contributed by atoms with Gasteiger partial charge in [-0.05, 0) is 6.42 Å². The smallest absolute Gasteiger partial charge is 0.303 e. The topological polar surface area (TPSA) is 410 Å². The molecule has 0 rings (SSSR count). The summed E-state index contributed by atoms with van der Waals surface area (Å²) < 4.78 is 0. The van der Waals surface area contributed by atoms with Gasteiger partial charge < -0.3 is 56.2 Å². The second kappa shape index (κ2) is 211. The number of hydrogen-bond acceptors (Lipinski definition) is 11. The number of hydrogen-bond donors (Lipinski definition) is 11. The molecule has 0 amide bonds. The van der Waals surface area contributed by atoms with E-state index in [0.29, 0.717) is 6.42 Å². The van der Waals surface area contributed by atoms with Crippen LogP contribution in [0.5, 0.6) is 0 Å². The summed E-state index contributed by atoms with van der Waals surface area (Å²) in [5, 5.41) is 77.1. The lowest BCUT2D eigenvalue weighted by molar-refractivity contribution is -0.137. The van der Waals surface area contributed by atoms with E-state index in [0.717, 1.165) is 19.3 Å². The van der Waals surface area contributed by atoms with Gasteiger partial charge in [-0.25, -0.2) is 0 Å². The van der Waals surface area contributed by atoms with Gasteiger partial charge in [-0.2, -0.15) is 0 Å². The zero-order valence-electron chi connectivity index (χ0n) is 20.2. The second-order valence-electron chi connectivity index (χ2n) is 3.26. The fourth-order valence-electron chi connectivity index (χ4n) is 0.703. The van der Waals surface area contributed by atoms with Crippen molar-refractivity contribution in [3.63, 3.8) is 0 Å². The Bertz CT molecular complexity index is 354. The van der Waals surface area contributed by atoms with Crippen molar-refractivity contribution in [2.24, 2.45) is 0 Å². The van der Waals surface area contributed by atoms with Gasteiger partial charge in [0.1, 0.15) is 0 Å². The van der Waals surface area contributed by atoms with Crippen molar-refractivity contribution in [2.45, 2.75) is 39.0 Å². The fourth-order valence-corrected chi connectivity index (χ4v) is 0.703. The number of aliphatic carboxylic acids is 1. The Hall–Kier alpha value is -5.83. The molecule has 0 aromatic carbocycles. The molecule has 0 bridgehead atoms. The molecule has 11 N–H and O–H groups in total. The Balaban J connectivity index is -0.0000000256. The van der Waals surface area contributed by atoms with E-state index >= 15 is 0 Å². The van der Waals surface area contributed by atoms with Gasteiger partial charge in [0.25, 0.3) is 64.7 Å². The molecule has 0 radical (unpaired) electrons. The molecule has 0 saturated carbocycles. The quantitative estimate of drug-likeness (QED) is 0.136. The Morgan fingerprint density at radius 3 is 0.667 bits per heavy atom. The van der Waals surface area contributed by atoms with Crippen LogP contribution in [0.4, 0.5) is 0 Å². The molecule has 0 aliphatic carbocycles. The molecule has 0 spiro atoms. The van der Waals surface area contributed by atoms with Gasteiger partial charge in [0.15, 0.2) is 0 Å². The largest absolute Gasteiger partial charge is 0.483 e. The van der Waals surface area contributed by atoms with Crippen LogP contribution in [0, 0.1) is 0 Å². The summed E-state index contributed by atoms with van der Waals surface area (Å²) in [6.07, 6.45) is 4.55. The predicted octanol–water partition coefficient (Wildman–Crippen LogP) is -0.951. The molecule has 0 aliphatic heterocycles. The number of unbranched alkanes of at least 4 members (excludes halogenated alkanes) is 3. The number of carbonyl (C=O) groups is 11. The highest BCUT2D eigenvalue weighted by molar-refractivity contribution is 5.66. The lowest BCUT2D eigenvalue weighted by Crippen LogP contribution is -1.92. The van der Waals surface area contributed by atoms with Gasteiger partial charge in [-0.15, -0.1) is 0 Å². The van der Waals surface area contributed by atoms with E-state index in [2.05, 4.69) is 6.92 Å². The molecule has 0 aromatic heterocycles. The molecule has 22 nitrogen and oxygen atoms in total. The van der Waals surface area contributed by atoms with Gasteiger partial charge in [0.05, 0.1) is 0 Å². The molecular weight excluding hydrogens is 556 g/mol. The summed E-state index contributed by atoms with van der Waals surface area (Å²) in [6.45, 7) is -0.388. The summed E-state index contributed by atoms with van der Waals surface area (Å²) in [4.78, 5) is 93.6. The van der Waals surface area contributed by atoms with Crippen molar-refractivity contribution < 1.29 is 109 Å². The maximum atomic E-state index is 9.96. The Labute approximate surface area is 219 Å². The fraction of sp³-hybridized carbons (Fsp3) is 0.353. The van der Waals surface area contributed by atoms with Crippen LogP contribution in [0.1, 0.15) is 39.0 Å². The first kappa shape index (κ1) is 69.8. The summed E-state index contributed by atoms with van der Waals surface area (Å²) in [5.74, 6) is -0.675. The van der Waals surface area contributed by atoms with Crippen LogP contribution < -0.4 is 0 Å². The second-order valence-corrected chi connectivity index (χ2v) is 3.26. The van der Waals surface area contributed by atoms with Crippen LogP contribution in [0.25, 0.3) is 0 Å². The van der Waals surface area contributed by atoms with Crippen LogP contribution in [-0.2, 0) is 52.7 Å². The van der Waals surface area contributed by atoms with Gasteiger partial charge in [0, 0.05) is 6.42 Å². The highest BCUT2D eigenvalue weighted by atomic mass is 16.4. The minimum atomic E-state index is -0.675. The Kier molecular flexibility index (Phi) is 378. The molecule has 22 heteroatoms. The standard InChI is InChI=1S/C7H14O2.10CH2O2/c1-2-3-4-5-6-7(8)9;10*2-1-3/h2-6H2,1H3,(H,8,9);10*1H,(H,2,3). The van der Waals surface area contributed by atoms with Crippen molar-refractivity contribution in [3.05, 3.63) is 0 Å². The van der Waals surface area contributed by atoms with Gasteiger partial charge in [-0.3, -0.25) is 52.7 Å². The van der Waals surface area contributed by atoms with Crippen LogP contribution in [-0.4, -0.2) is 127 Å². The van der Waals surface area contributed by atoms with Crippen molar-refractivity contribution >= 4 is 70.7 Å². The van der Waals surface area contributed by atoms with Crippen molar-refractivity contribution in [1.82, 2.24) is 0 Å². The molecular formula is C17H34O22. The SMILES string of the molecule is CCCCCCC(=O)O.O=CO.O=CO.O=CO.O=CO.O=CO.O=CO.O=CO.O=CO.O=CO.O=CO. The Morgan fingerprint density at radius 2 is 0.564 bits per heavy atom. The number of rotatable bonds is 5. The average Bonchev–Trinajstić information content (AvgIpc) is 2.82. The molecule has 0 aliphatic rings. The predicted molar refractivity (Wildman–Crippen MR) is 123 cm³/mol. The van der Waals surface area contributed by atoms with E-state index < -0.39 is 5.97 Å². The molecule has 0 unspecified atom stereocenters. The van der Waals surface area contributed by atoms with Crippen LogP contribution >= 0.6 is 0 Å². The van der Waals surface area contributed by atoms with Crippen molar-refractivity contribution in [3.8, 4) is 0 Å². The van der Waals surface area contributed by atoms with Crippen LogP contribution in [0.3, 0.4) is 0 Å². The average molecular weight is 590 g/mol. The first-order valence-corrected chi connectivity index (χ1v) is 8.43. The number of carboxylic acids is 1. The lowest BCUT2D eigenvalue weighted by atomic mass is 10.2. The summed E-state index contributed by atoms with van der Waals surface area (Å²) in [6, 6.07) is 0. The molecule has 0 heterocycles. The van der Waals surface area contributed by atoms with E-state index in [4.69, 9.17) is 104 Å². The van der Waals surface area contributed by atoms with Gasteiger partial charge >= 0.3 is 5.97 Å². The zero-order chi connectivity index (χ0) is 34.2. The first-order chi connectivity index (χ1) is 18.4. The summed E-state index contributed by atoms with van der Waals surface area (Å²) in [5.41, 5.74) is 0. The maximum Gasteiger partial charge on any atom is 0.303 e. The maximum absolute atomic E-state index is 9.96. The zero-order valence-corrected chi connectivity index (χ0v) is 20.2. The molecule has 0 aromatic rings. The molecule has 0 saturated heterocycles. The first-order valence-electron chi connectivity index (χ1n) is 8.43. The van der Waals surface area contributed by atoms with Gasteiger partial charge in [0.2, 0.25) is 0 Å². The molecule has 39 heavy (non-hydrogen) atoms.